The highest BCUT2D eigenvalue weighted by Crippen LogP contribution is 2.32. The van der Waals surface area contributed by atoms with Crippen LogP contribution in [-0.4, -0.2) is 61.5 Å². The lowest BCUT2D eigenvalue weighted by Crippen LogP contribution is -2.44. The average molecular weight is 347 g/mol. The Morgan fingerprint density at radius 1 is 1.36 bits per heavy atom. The summed E-state index contributed by atoms with van der Waals surface area (Å²) in [7, 11) is 5.30. The van der Waals surface area contributed by atoms with E-state index in [4.69, 9.17) is 10.5 Å². The van der Waals surface area contributed by atoms with Crippen molar-refractivity contribution >= 4 is 11.8 Å². The number of rotatable bonds is 6. The number of benzene rings is 1. The van der Waals surface area contributed by atoms with Crippen LogP contribution in [0.25, 0.3) is 0 Å². The zero-order valence-corrected chi connectivity index (χ0v) is 15.8. The minimum absolute atomic E-state index is 0.0731. The Kier molecular flexibility index (Phi) is 5.85. The average Bonchev–Trinajstić information content (AvgIpc) is 2.96. The second kappa shape index (κ2) is 7.54. The van der Waals surface area contributed by atoms with Gasteiger partial charge in [0.05, 0.1) is 5.92 Å². The van der Waals surface area contributed by atoms with Crippen molar-refractivity contribution in [2.24, 2.45) is 11.7 Å². The van der Waals surface area contributed by atoms with E-state index < -0.39 is 5.60 Å². The third-order valence-corrected chi connectivity index (χ3v) is 5.04. The van der Waals surface area contributed by atoms with E-state index in [1.807, 2.05) is 25.2 Å². The van der Waals surface area contributed by atoms with E-state index in [-0.39, 0.29) is 23.7 Å². The Bertz CT molecular complexity index is 645. The normalized spacial score (nSPS) is 21.3. The monoisotopic (exact) mass is 347 g/mol. The summed E-state index contributed by atoms with van der Waals surface area (Å²) >= 11 is 0. The number of likely N-dealkylation sites (N-methyl/N-ethyl adjacent to an activating group) is 2. The van der Waals surface area contributed by atoms with Crippen LogP contribution in [0, 0.1) is 5.92 Å². The second-order valence-corrected chi connectivity index (χ2v) is 7.46. The van der Waals surface area contributed by atoms with Gasteiger partial charge in [-0.3, -0.25) is 9.59 Å². The van der Waals surface area contributed by atoms with Crippen molar-refractivity contribution in [3.8, 4) is 0 Å². The quantitative estimate of drug-likeness (QED) is 0.839. The first-order chi connectivity index (χ1) is 11.7. The predicted molar refractivity (Wildman–Crippen MR) is 96.9 cm³/mol. The van der Waals surface area contributed by atoms with Gasteiger partial charge in [-0.1, -0.05) is 24.3 Å². The predicted octanol–water partition coefficient (Wildman–Crippen LogP) is 1.20. The van der Waals surface area contributed by atoms with Gasteiger partial charge in [0.25, 0.3) is 5.91 Å². The Hall–Kier alpha value is -1.92. The molecule has 0 bridgehead atoms. The molecule has 1 aliphatic heterocycles. The molecule has 0 aliphatic carbocycles. The van der Waals surface area contributed by atoms with E-state index in [1.165, 1.54) is 7.11 Å². The minimum Gasteiger partial charge on any atom is -0.369 e. The zero-order chi connectivity index (χ0) is 18.8. The molecule has 1 aliphatic rings. The topological polar surface area (TPSA) is 75.9 Å². The van der Waals surface area contributed by atoms with Gasteiger partial charge < -0.3 is 20.3 Å². The van der Waals surface area contributed by atoms with Crippen LogP contribution in [0.1, 0.15) is 30.9 Å². The van der Waals surface area contributed by atoms with Crippen molar-refractivity contribution in [2.45, 2.75) is 31.9 Å². The molecular weight excluding hydrogens is 318 g/mol. The summed E-state index contributed by atoms with van der Waals surface area (Å²) in [6.45, 7) is 5.50. The van der Waals surface area contributed by atoms with Gasteiger partial charge in [-0.2, -0.15) is 0 Å². The van der Waals surface area contributed by atoms with Gasteiger partial charge in [-0.25, -0.2) is 0 Å². The Balaban J connectivity index is 2.16. The SMILES string of the molecule is COC(C)(C)C(=O)N(C)Cc1cccc([C@H]2CN(C)C[C@@H]2C(N)=O)c1. The van der Waals surface area contributed by atoms with Crippen LogP contribution in [-0.2, 0) is 20.9 Å². The summed E-state index contributed by atoms with van der Waals surface area (Å²) < 4.78 is 5.27. The van der Waals surface area contributed by atoms with Gasteiger partial charge in [0.2, 0.25) is 5.91 Å². The van der Waals surface area contributed by atoms with E-state index in [2.05, 4.69) is 11.0 Å². The molecule has 1 aromatic rings. The molecule has 1 fully saturated rings. The van der Waals surface area contributed by atoms with Gasteiger partial charge in [0, 0.05) is 39.7 Å². The highest BCUT2D eigenvalue weighted by Gasteiger charge is 2.36. The first kappa shape index (κ1) is 19.4. The minimum atomic E-state index is -0.850. The van der Waals surface area contributed by atoms with Crippen molar-refractivity contribution in [2.75, 3.05) is 34.3 Å². The fraction of sp³-hybridized carbons (Fsp3) is 0.579. The van der Waals surface area contributed by atoms with Crippen LogP contribution in [0.5, 0.6) is 0 Å². The molecular formula is C19H29N3O3. The van der Waals surface area contributed by atoms with Crippen molar-refractivity contribution in [1.29, 1.82) is 0 Å². The van der Waals surface area contributed by atoms with Crippen LogP contribution in [0.4, 0.5) is 0 Å². The number of likely N-dealkylation sites (tertiary alicyclic amines) is 1. The fourth-order valence-corrected chi connectivity index (χ4v) is 3.44. The van der Waals surface area contributed by atoms with Crippen LogP contribution < -0.4 is 5.73 Å². The summed E-state index contributed by atoms with van der Waals surface area (Å²) in [6, 6.07) is 8.07. The molecule has 2 amide bonds. The number of ether oxygens (including phenoxy) is 1. The molecule has 1 heterocycles. The van der Waals surface area contributed by atoms with E-state index >= 15 is 0 Å². The molecule has 25 heavy (non-hydrogen) atoms. The molecule has 0 spiro atoms. The van der Waals surface area contributed by atoms with E-state index in [0.717, 1.165) is 17.7 Å². The molecule has 1 saturated heterocycles. The molecule has 6 nitrogen and oxygen atoms in total. The van der Waals surface area contributed by atoms with Gasteiger partial charge in [-0.05, 0) is 32.0 Å². The number of carbonyl (C=O) groups excluding carboxylic acids is 2. The molecule has 138 valence electrons. The van der Waals surface area contributed by atoms with E-state index in [1.54, 1.807) is 25.8 Å². The van der Waals surface area contributed by atoms with Gasteiger partial charge >= 0.3 is 0 Å². The van der Waals surface area contributed by atoms with Gasteiger partial charge in [0.15, 0.2) is 0 Å². The molecule has 2 rings (SSSR count). The van der Waals surface area contributed by atoms with Crippen molar-refractivity contribution in [3.63, 3.8) is 0 Å². The van der Waals surface area contributed by atoms with Crippen LogP contribution in [0.2, 0.25) is 0 Å². The highest BCUT2D eigenvalue weighted by atomic mass is 16.5. The number of amides is 2. The summed E-state index contributed by atoms with van der Waals surface area (Å²) in [6.07, 6.45) is 0. The first-order valence-electron chi connectivity index (χ1n) is 8.53. The lowest BCUT2D eigenvalue weighted by molar-refractivity contribution is -0.150. The molecule has 1 aromatic carbocycles. The number of nitrogens with two attached hydrogens (primary N) is 1. The van der Waals surface area contributed by atoms with Crippen molar-refractivity contribution in [3.05, 3.63) is 35.4 Å². The molecule has 0 radical (unpaired) electrons. The number of methoxy groups -OCH3 is 1. The van der Waals surface area contributed by atoms with Crippen LogP contribution in [0.15, 0.2) is 24.3 Å². The molecule has 6 heteroatoms. The van der Waals surface area contributed by atoms with Gasteiger partial charge in [0.1, 0.15) is 5.60 Å². The smallest absolute Gasteiger partial charge is 0.254 e. The van der Waals surface area contributed by atoms with Crippen LogP contribution >= 0.6 is 0 Å². The third-order valence-electron chi connectivity index (χ3n) is 5.04. The van der Waals surface area contributed by atoms with Crippen molar-refractivity contribution in [1.82, 2.24) is 9.80 Å². The van der Waals surface area contributed by atoms with Crippen LogP contribution in [0.3, 0.4) is 0 Å². The third kappa shape index (κ3) is 4.38. The van der Waals surface area contributed by atoms with E-state index in [9.17, 15) is 9.59 Å². The zero-order valence-electron chi connectivity index (χ0n) is 15.8. The number of nitrogens with zero attached hydrogens (tertiary/aromatic N) is 2. The maximum absolute atomic E-state index is 12.5. The summed E-state index contributed by atoms with van der Waals surface area (Å²) in [4.78, 5) is 28.0. The summed E-state index contributed by atoms with van der Waals surface area (Å²) in [5.74, 6) is -0.407. The van der Waals surface area contributed by atoms with E-state index in [0.29, 0.717) is 13.1 Å². The molecule has 0 saturated carbocycles. The number of hydrogen-bond acceptors (Lipinski definition) is 4. The molecule has 2 atom stereocenters. The maximum Gasteiger partial charge on any atom is 0.254 e. The maximum atomic E-state index is 12.5. The Morgan fingerprint density at radius 2 is 2.04 bits per heavy atom. The number of carbonyl (C=O) groups is 2. The number of primary amides is 1. The van der Waals surface area contributed by atoms with Gasteiger partial charge in [-0.15, -0.1) is 0 Å². The van der Waals surface area contributed by atoms with Crippen molar-refractivity contribution < 1.29 is 14.3 Å². The Labute approximate surface area is 149 Å². The first-order valence-corrected chi connectivity index (χ1v) is 8.53. The Morgan fingerprint density at radius 3 is 2.64 bits per heavy atom. The lowest BCUT2D eigenvalue weighted by Gasteiger charge is -2.28. The fourth-order valence-electron chi connectivity index (χ4n) is 3.44. The standard InChI is InChI=1S/C19H29N3O3/c1-19(2,25-5)18(24)22(4)10-13-7-6-8-14(9-13)15-11-21(3)12-16(15)17(20)23/h6-9,15-16H,10-12H2,1-5H3,(H2,20,23)/t15-,16+/m1/s1. The number of hydrogen-bond donors (Lipinski definition) is 1. The second-order valence-electron chi connectivity index (χ2n) is 7.46. The molecule has 0 unspecified atom stereocenters. The molecule has 2 N–H and O–H groups in total. The highest BCUT2D eigenvalue weighted by molar-refractivity contribution is 5.84. The lowest BCUT2D eigenvalue weighted by atomic mass is 9.87. The summed E-state index contributed by atoms with van der Waals surface area (Å²) in [5.41, 5.74) is 6.85. The largest absolute Gasteiger partial charge is 0.369 e. The summed E-state index contributed by atoms with van der Waals surface area (Å²) in [5, 5.41) is 0. The molecule has 0 aromatic heterocycles.